The number of nitrogens with one attached hydrogen (secondary N) is 1. The van der Waals surface area contributed by atoms with Crippen LogP contribution in [0, 0.1) is 23.2 Å². The molecule has 1 amide bonds. The van der Waals surface area contributed by atoms with Crippen LogP contribution in [-0.4, -0.2) is 17.2 Å². The first-order chi connectivity index (χ1) is 8.17. The van der Waals surface area contributed by atoms with Crippen molar-refractivity contribution in [3.63, 3.8) is 0 Å². The van der Waals surface area contributed by atoms with E-state index < -0.39 is 17.2 Å². The zero-order valence-electron chi connectivity index (χ0n) is 12.0. The van der Waals surface area contributed by atoms with Crippen LogP contribution in [0.1, 0.15) is 53.9 Å². The summed E-state index contributed by atoms with van der Waals surface area (Å²) >= 11 is 0. The quantitative estimate of drug-likeness (QED) is 0.779. The molecule has 1 fully saturated rings. The van der Waals surface area contributed by atoms with Crippen molar-refractivity contribution >= 4 is 6.09 Å². The molecule has 0 heterocycles. The van der Waals surface area contributed by atoms with Gasteiger partial charge in [-0.2, -0.15) is 5.26 Å². The molecule has 0 aromatic rings. The van der Waals surface area contributed by atoms with E-state index in [1.807, 2.05) is 20.8 Å². The van der Waals surface area contributed by atoms with Gasteiger partial charge in [-0.25, -0.2) is 4.79 Å². The molecule has 102 valence electrons. The number of hydrogen-bond donors (Lipinski definition) is 1. The Morgan fingerprint density at radius 1 is 1.39 bits per heavy atom. The van der Waals surface area contributed by atoms with E-state index in [-0.39, 0.29) is 0 Å². The average Bonchev–Trinajstić information content (AvgIpc) is 2.21. The van der Waals surface area contributed by atoms with Crippen LogP contribution in [0.15, 0.2) is 0 Å². The first-order valence-electron chi connectivity index (χ1n) is 6.60. The molecular weight excluding hydrogens is 228 g/mol. The Hall–Kier alpha value is -1.24. The topological polar surface area (TPSA) is 62.1 Å². The molecule has 1 N–H and O–H groups in total. The third-order valence-corrected chi connectivity index (χ3v) is 3.62. The third kappa shape index (κ3) is 3.90. The molecule has 1 aliphatic rings. The SMILES string of the molecule is CC1CCC(C#N)(NC(=O)OC(C)(C)C)CC1C. The number of nitrogens with zero attached hydrogens (tertiary/aromatic N) is 1. The maximum absolute atomic E-state index is 11.8. The van der Waals surface area contributed by atoms with E-state index in [1.54, 1.807) is 0 Å². The number of carbonyl (C=O) groups is 1. The van der Waals surface area contributed by atoms with Crippen molar-refractivity contribution in [2.75, 3.05) is 0 Å². The lowest BCUT2D eigenvalue weighted by Crippen LogP contribution is -2.52. The number of nitriles is 1. The number of rotatable bonds is 1. The lowest BCUT2D eigenvalue weighted by atomic mass is 9.72. The van der Waals surface area contributed by atoms with Gasteiger partial charge < -0.3 is 10.1 Å². The summed E-state index contributed by atoms with van der Waals surface area (Å²) in [6.07, 6.45) is 1.87. The Kier molecular flexibility index (Phi) is 4.26. The maximum atomic E-state index is 11.8. The van der Waals surface area contributed by atoms with E-state index >= 15 is 0 Å². The van der Waals surface area contributed by atoms with Crippen molar-refractivity contribution in [3.8, 4) is 6.07 Å². The minimum absolute atomic E-state index is 0.438. The van der Waals surface area contributed by atoms with Crippen LogP contribution in [0.5, 0.6) is 0 Å². The molecule has 4 heteroatoms. The molecule has 0 spiro atoms. The molecule has 0 saturated heterocycles. The summed E-state index contributed by atoms with van der Waals surface area (Å²) in [4.78, 5) is 11.8. The molecule has 0 aliphatic heterocycles. The third-order valence-electron chi connectivity index (χ3n) is 3.62. The predicted octanol–water partition coefficient (Wildman–Crippen LogP) is 3.23. The van der Waals surface area contributed by atoms with Crippen LogP contribution in [0.2, 0.25) is 0 Å². The second kappa shape index (κ2) is 5.17. The Bertz CT molecular complexity index is 354. The molecule has 4 nitrogen and oxygen atoms in total. The van der Waals surface area contributed by atoms with E-state index in [0.717, 1.165) is 6.42 Å². The second-order valence-corrected chi connectivity index (χ2v) is 6.52. The van der Waals surface area contributed by atoms with Gasteiger partial charge in [0.1, 0.15) is 11.1 Å². The molecule has 1 aliphatic carbocycles. The van der Waals surface area contributed by atoms with E-state index in [9.17, 15) is 10.1 Å². The van der Waals surface area contributed by atoms with E-state index in [0.29, 0.717) is 24.7 Å². The Labute approximate surface area is 110 Å². The van der Waals surface area contributed by atoms with Gasteiger partial charge in [0.05, 0.1) is 6.07 Å². The maximum Gasteiger partial charge on any atom is 0.408 e. The summed E-state index contributed by atoms with van der Waals surface area (Å²) in [6.45, 7) is 9.78. The number of carbonyl (C=O) groups excluding carboxylic acids is 1. The Morgan fingerprint density at radius 2 is 2.00 bits per heavy atom. The van der Waals surface area contributed by atoms with Crippen LogP contribution >= 0.6 is 0 Å². The molecule has 0 radical (unpaired) electrons. The van der Waals surface area contributed by atoms with Crippen molar-refractivity contribution < 1.29 is 9.53 Å². The molecule has 0 aromatic carbocycles. The summed E-state index contributed by atoms with van der Waals surface area (Å²) in [6, 6.07) is 2.27. The second-order valence-electron chi connectivity index (χ2n) is 6.52. The summed E-state index contributed by atoms with van der Waals surface area (Å²) < 4.78 is 5.23. The van der Waals surface area contributed by atoms with Crippen molar-refractivity contribution in [3.05, 3.63) is 0 Å². The fourth-order valence-electron chi connectivity index (χ4n) is 2.35. The van der Waals surface area contributed by atoms with Gasteiger partial charge >= 0.3 is 6.09 Å². The predicted molar refractivity (Wildman–Crippen MR) is 69.9 cm³/mol. The first kappa shape index (κ1) is 14.8. The normalized spacial score (nSPS) is 32.4. The smallest absolute Gasteiger partial charge is 0.408 e. The first-order valence-corrected chi connectivity index (χ1v) is 6.60. The zero-order chi connectivity index (χ0) is 14.0. The van der Waals surface area contributed by atoms with E-state index in [2.05, 4.69) is 25.2 Å². The van der Waals surface area contributed by atoms with Crippen LogP contribution < -0.4 is 5.32 Å². The fraction of sp³-hybridized carbons (Fsp3) is 0.857. The highest BCUT2D eigenvalue weighted by Gasteiger charge is 2.40. The molecule has 3 unspecified atom stereocenters. The van der Waals surface area contributed by atoms with Gasteiger partial charge in [-0.1, -0.05) is 13.8 Å². The van der Waals surface area contributed by atoms with Crippen LogP contribution in [-0.2, 0) is 4.74 Å². The minimum atomic E-state index is -0.756. The lowest BCUT2D eigenvalue weighted by molar-refractivity contribution is 0.0433. The largest absolute Gasteiger partial charge is 0.444 e. The highest BCUT2D eigenvalue weighted by atomic mass is 16.6. The van der Waals surface area contributed by atoms with Gasteiger partial charge in [0.2, 0.25) is 0 Å². The van der Waals surface area contributed by atoms with Gasteiger partial charge in [0.25, 0.3) is 0 Å². The molecule has 1 saturated carbocycles. The zero-order valence-corrected chi connectivity index (χ0v) is 12.0. The van der Waals surface area contributed by atoms with Crippen LogP contribution in [0.3, 0.4) is 0 Å². The lowest BCUT2D eigenvalue weighted by Gasteiger charge is -2.38. The summed E-state index contributed by atoms with van der Waals surface area (Å²) in [5.74, 6) is 1.04. The summed E-state index contributed by atoms with van der Waals surface area (Å²) in [5.41, 5.74) is -1.29. The highest BCUT2D eigenvalue weighted by Crippen LogP contribution is 2.36. The van der Waals surface area contributed by atoms with Gasteiger partial charge in [0, 0.05) is 0 Å². The van der Waals surface area contributed by atoms with Gasteiger partial charge in [0.15, 0.2) is 0 Å². The van der Waals surface area contributed by atoms with Crippen molar-refractivity contribution in [2.24, 2.45) is 11.8 Å². The molecule has 18 heavy (non-hydrogen) atoms. The van der Waals surface area contributed by atoms with E-state index in [4.69, 9.17) is 4.74 Å². The number of amides is 1. The van der Waals surface area contributed by atoms with Crippen molar-refractivity contribution in [1.82, 2.24) is 5.32 Å². The summed E-state index contributed by atoms with van der Waals surface area (Å²) in [5, 5.41) is 12.1. The Morgan fingerprint density at radius 3 is 2.44 bits per heavy atom. The van der Waals surface area contributed by atoms with Crippen LogP contribution in [0.25, 0.3) is 0 Å². The monoisotopic (exact) mass is 252 g/mol. The van der Waals surface area contributed by atoms with Gasteiger partial charge in [-0.05, 0) is 51.9 Å². The van der Waals surface area contributed by atoms with Crippen molar-refractivity contribution in [2.45, 2.75) is 65.0 Å². The fourth-order valence-corrected chi connectivity index (χ4v) is 2.35. The minimum Gasteiger partial charge on any atom is -0.444 e. The average molecular weight is 252 g/mol. The number of ether oxygens (including phenoxy) is 1. The molecule has 3 atom stereocenters. The van der Waals surface area contributed by atoms with E-state index in [1.165, 1.54) is 0 Å². The van der Waals surface area contributed by atoms with Gasteiger partial charge in [-0.15, -0.1) is 0 Å². The number of hydrogen-bond acceptors (Lipinski definition) is 3. The van der Waals surface area contributed by atoms with Crippen molar-refractivity contribution in [1.29, 1.82) is 5.26 Å². The number of alkyl carbamates (subject to hydrolysis) is 1. The molecule has 1 rings (SSSR count). The van der Waals surface area contributed by atoms with Gasteiger partial charge in [-0.3, -0.25) is 0 Å². The highest BCUT2D eigenvalue weighted by molar-refractivity contribution is 5.69. The molecular formula is C14H24N2O2. The Balaban J connectivity index is 2.68. The molecule has 0 aromatic heterocycles. The standard InChI is InChI=1S/C14H24N2O2/c1-10-6-7-14(9-15,8-11(10)2)16-12(17)18-13(3,4)5/h10-11H,6-8H2,1-5H3,(H,16,17). The molecule has 0 bridgehead atoms. The van der Waals surface area contributed by atoms with Crippen LogP contribution in [0.4, 0.5) is 4.79 Å². The summed E-state index contributed by atoms with van der Waals surface area (Å²) in [7, 11) is 0.